The van der Waals surface area contributed by atoms with Gasteiger partial charge >= 0.3 is 6.09 Å². The van der Waals surface area contributed by atoms with Crippen molar-refractivity contribution in [1.82, 2.24) is 14.8 Å². The predicted octanol–water partition coefficient (Wildman–Crippen LogP) is 4.51. The number of aromatic nitrogens is 1. The van der Waals surface area contributed by atoms with Gasteiger partial charge in [0, 0.05) is 42.5 Å². The average molecular weight is 537 g/mol. The van der Waals surface area contributed by atoms with Crippen molar-refractivity contribution in [1.29, 1.82) is 0 Å². The maximum Gasteiger partial charge on any atom is 0.410 e. The van der Waals surface area contributed by atoms with Crippen molar-refractivity contribution in [2.75, 3.05) is 31.0 Å². The van der Waals surface area contributed by atoms with Crippen molar-refractivity contribution in [3.05, 3.63) is 66.4 Å². The fourth-order valence-electron chi connectivity index (χ4n) is 5.54. The summed E-state index contributed by atoms with van der Waals surface area (Å²) in [6.45, 7) is 3.43. The van der Waals surface area contributed by atoms with Gasteiger partial charge in [-0.25, -0.2) is 13.2 Å². The Balaban J connectivity index is 1.30. The molecule has 9 nitrogen and oxygen atoms in total. The molecule has 2 fully saturated rings. The largest absolute Gasteiger partial charge is 0.450 e. The highest BCUT2D eigenvalue weighted by atomic mass is 32.2. The number of pyridine rings is 1. The van der Waals surface area contributed by atoms with E-state index in [1.54, 1.807) is 59.3 Å². The first-order valence-corrected chi connectivity index (χ1v) is 14.5. The molecule has 2 heterocycles. The highest BCUT2D eigenvalue weighted by molar-refractivity contribution is 7.93. The Morgan fingerprint density at radius 1 is 1.03 bits per heavy atom. The third-order valence-electron chi connectivity index (χ3n) is 7.42. The minimum Gasteiger partial charge on any atom is -0.450 e. The number of nitrogens with zero attached hydrogens (tertiary/aromatic N) is 3. The molecule has 5 rings (SSSR count). The van der Waals surface area contributed by atoms with Crippen molar-refractivity contribution in [3.8, 4) is 0 Å². The van der Waals surface area contributed by atoms with Gasteiger partial charge in [-0.3, -0.25) is 14.5 Å². The maximum atomic E-state index is 13.4. The molecule has 1 unspecified atom stereocenters. The molecule has 38 heavy (non-hydrogen) atoms. The second-order valence-electron chi connectivity index (χ2n) is 9.77. The molecule has 1 aliphatic carbocycles. The van der Waals surface area contributed by atoms with Crippen molar-refractivity contribution < 1.29 is 22.7 Å². The average Bonchev–Trinajstić information content (AvgIpc) is 3.47. The molecule has 2 amide bonds. The SMILES string of the molecule is CCOC(=O)N1CCN(C(=O)c2ccc(NS(=O)(=O)c3cccc4cccnc34)cc2)CC1C1CCCC1. The first kappa shape index (κ1) is 26.0. The third-order valence-corrected chi connectivity index (χ3v) is 8.83. The molecule has 0 radical (unpaired) electrons. The van der Waals surface area contributed by atoms with Gasteiger partial charge in [0.25, 0.3) is 15.9 Å². The second kappa shape index (κ2) is 11.0. The van der Waals surface area contributed by atoms with Crippen LogP contribution in [0.2, 0.25) is 0 Å². The molecule has 2 aromatic carbocycles. The number of fused-ring (bicyclic) bond motifs is 1. The number of carbonyl (C=O) groups excluding carboxylic acids is 2. The summed E-state index contributed by atoms with van der Waals surface area (Å²) >= 11 is 0. The zero-order chi connectivity index (χ0) is 26.7. The Morgan fingerprint density at radius 3 is 2.50 bits per heavy atom. The van der Waals surface area contributed by atoms with E-state index in [0.717, 1.165) is 31.1 Å². The van der Waals surface area contributed by atoms with Crippen LogP contribution in [0.1, 0.15) is 43.0 Å². The van der Waals surface area contributed by atoms with Crippen molar-refractivity contribution in [3.63, 3.8) is 0 Å². The Bertz CT molecular complexity index is 1420. The van der Waals surface area contributed by atoms with Gasteiger partial charge in [-0.2, -0.15) is 0 Å². The van der Waals surface area contributed by atoms with Crippen LogP contribution in [0.25, 0.3) is 10.9 Å². The van der Waals surface area contributed by atoms with Gasteiger partial charge in [-0.1, -0.05) is 31.0 Å². The standard InChI is InChI=1S/C28H32N4O5S/c1-2-37-28(34)32-18-17-31(19-24(32)20-7-3-4-8-20)27(33)22-12-14-23(15-13-22)30-38(35,36)25-11-5-9-21-10-6-16-29-26(21)25/h5-6,9-16,20,24,30H,2-4,7-8,17-19H2,1H3. The lowest BCUT2D eigenvalue weighted by molar-refractivity contribution is 0.0254. The lowest BCUT2D eigenvalue weighted by Gasteiger charge is -2.43. The number of rotatable bonds is 6. The summed E-state index contributed by atoms with van der Waals surface area (Å²) in [7, 11) is -3.89. The van der Waals surface area contributed by atoms with Gasteiger partial charge in [0.15, 0.2) is 0 Å². The van der Waals surface area contributed by atoms with Gasteiger partial charge in [0.05, 0.1) is 18.2 Å². The number of piperazine rings is 1. The molecule has 200 valence electrons. The highest BCUT2D eigenvalue weighted by Gasteiger charge is 2.39. The van der Waals surface area contributed by atoms with E-state index in [1.807, 2.05) is 12.1 Å². The van der Waals surface area contributed by atoms with E-state index in [2.05, 4.69) is 9.71 Å². The number of ether oxygens (including phenoxy) is 1. The number of benzene rings is 2. The van der Waals surface area contributed by atoms with Crippen LogP contribution >= 0.6 is 0 Å². The number of anilines is 1. The van der Waals surface area contributed by atoms with Crippen molar-refractivity contribution in [2.45, 2.75) is 43.5 Å². The van der Waals surface area contributed by atoms with Crippen molar-refractivity contribution >= 4 is 38.6 Å². The molecule has 10 heteroatoms. The number of carbonyl (C=O) groups is 2. The summed E-state index contributed by atoms with van der Waals surface area (Å²) in [4.78, 5) is 33.9. The van der Waals surface area contributed by atoms with Gasteiger partial charge in [0.2, 0.25) is 0 Å². The summed E-state index contributed by atoms with van der Waals surface area (Å²) < 4.78 is 34.1. The van der Waals surface area contributed by atoms with Crippen LogP contribution in [0.3, 0.4) is 0 Å². The molecule has 3 aromatic rings. The first-order chi connectivity index (χ1) is 18.4. The first-order valence-electron chi connectivity index (χ1n) is 13.1. The number of amides is 2. The van der Waals surface area contributed by atoms with E-state index in [0.29, 0.717) is 48.9 Å². The molecular formula is C28H32N4O5S. The van der Waals surface area contributed by atoms with Gasteiger partial charge in [0.1, 0.15) is 4.90 Å². The Morgan fingerprint density at radius 2 is 1.76 bits per heavy atom. The van der Waals surface area contributed by atoms with E-state index in [1.165, 1.54) is 6.07 Å². The zero-order valence-electron chi connectivity index (χ0n) is 21.4. The van der Waals surface area contributed by atoms with Crippen LogP contribution in [0.5, 0.6) is 0 Å². The summed E-state index contributed by atoms with van der Waals surface area (Å²) in [5, 5.41) is 0.732. The van der Waals surface area contributed by atoms with Crippen LogP contribution in [-0.2, 0) is 14.8 Å². The van der Waals surface area contributed by atoms with Crippen molar-refractivity contribution in [2.24, 2.45) is 5.92 Å². The molecule has 2 aliphatic rings. The predicted molar refractivity (Wildman–Crippen MR) is 144 cm³/mol. The van der Waals surface area contributed by atoms with Crippen LogP contribution in [0.15, 0.2) is 65.7 Å². The van der Waals surface area contributed by atoms with Gasteiger partial charge < -0.3 is 14.5 Å². The van der Waals surface area contributed by atoms with E-state index in [-0.39, 0.29) is 22.9 Å². The lowest BCUT2D eigenvalue weighted by Crippen LogP contribution is -2.58. The number of sulfonamides is 1. The lowest BCUT2D eigenvalue weighted by atomic mass is 9.94. The second-order valence-corrected chi connectivity index (χ2v) is 11.4. The topological polar surface area (TPSA) is 109 Å². The van der Waals surface area contributed by atoms with E-state index in [4.69, 9.17) is 4.74 Å². The Hall–Kier alpha value is -3.66. The quantitative estimate of drug-likeness (QED) is 0.497. The smallest absolute Gasteiger partial charge is 0.410 e. The van der Waals surface area contributed by atoms with Crippen LogP contribution in [0.4, 0.5) is 10.5 Å². The highest BCUT2D eigenvalue weighted by Crippen LogP contribution is 2.33. The molecule has 0 bridgehead atoms. The van der Waals surface area contributed by atoms with E-state index >= 15 is 0 Å². The van der Waals surface area contributed by atoms with Crippen LogP contribution < -0.4 is 4.72 Å². The zero-order valence-corrected chi connectivity index (χ0v) is 22.2. The normalized spacial score (nSPS) is 18.5. The molecule has 1 aromatic heterocycles. The number of para-hydroxylation sites is 1. The summed E-state index contributed by atoms with van der Waals surface area (Å²) in [6, 6.07) is 15.0. The van der Waals surface area contributed by atoms with Crippen LogP contribution in [-0.4, -0.2) is 67.5 Å². The summed E-state index contributed by atoms with van der Waals surface area (Å²) in [5.74, 6) is 0.222. The minimum atomic E-state index is -3.89. The van der Waals surface area contributed by atoms with Gasteiger partial charge in [-0.15, -0.1) is 0 Å². The van der Waals surface area contributed by atoms with E-state index < -0.39 is 10.0 Å². The minimum absolute atomic E-state index is 0.0605. The van der Waals surface area contributed by atoms with E-state index in [9.17, 15) is 18.0 Å². The molecule has 1 aliphatic heterocycles. The fourth-order valence-corrected chi connectivity index (χ4v) is 6.78. The number of hydrogen-bond acceptors (Lipinski definition) is 6. The summed E-state index contributed by atoms with van der Waals surface area (Å²) in [6.07, 6.45) is 5.61. The molecular weight excluding hydrogens is 504 g/mol. The number of nitrogens with one attached hydrogen (secondary N) is 1. The maximum absolute atomic E-state index is 13.4. The Kier molecular flexibility index (Phi) is 7.51. The summed E-state index contributed by atoms with van der Waals surface area (Å²) in [5.41, 5.74) is 1.22. The molecule has 1 saturated heterocycles. The molecule has 0 spiro atoms. The molecule has 1 saturated carbocycles. The molecule has 1 atom stereocenters. The fraction of sp³-hybridized carbons (Fsp3) is 0.393. The number of hydrogen-bond donors (Lipinski definition) is 1. The Labute approximate surface area is 222 Å². The van der Waals surface area contributed by atoms with Gasteiger partial charge in [-0.05, 0) is 62.1 Å². The van der Waals surface area contributed by atoms with Crippen LogP contribution in [0, 0.1) is 5.92 Å². The molecule has 1 N–H and O–H groups in total. The monoisotopic (exact) mass is 536 g/mol. The third kappa shape index (κ3) is 5.31.